The number of hydrogen-bond acceptors (Lipinski definition) is 1. The van der Waals surface area contributed by atoms with E-state index >= 15 is 0 Å². The van der Waals surface area contributed by atoms with Gasteiger partial charge in [0.05, 0.1) is 0 Å². The van der Waals surface area contributed by atoms with Gasteiger partial charge in [0.25, 0.3) is 0 Å². The van der Waals surface area contributed by atoms with E-state index in [2.05, 4.69) is 66.3 Å². The van der Waals surface area contributed by atoms with E-state index in [0.717, 1.165) is 10.9 Å². The second kappa shape index (κ2) is 6.29. The number of rotatable bonds is 5. The van der Waals surface area contributed by atoms with Crippen LogP contribution in [0.25, 0.3) is 0 Å². The molecule has 84 valence electrons. The SMILES string of the molecule is CCC(C)NC(C)Cc1cccc(Br)c1. The predicted octanol–water partition coefficient (Wildman–Crippen LogP) is 3.77. The van der Waals surface area contributed by atoms with Gasteiger partial charge in [-0.25, -0.2) is 0 Å². The normalized spacial score (nSPS) is 14.9. The highest BCUT2D eigenvalue weighted by atomic mass is 79.9. The average molecular weight is 270 g/mol. The molecule has 0 aliphatic heterocycles. The molecule has 0 aliphatic rings. The largest absolute Gasteiger partial charge is 0.311 e. The Balaban J connectivity index is 2.47. The Kier molecular flexibility index (Phi) is 5.34. The van der Waals surface area contributed by atoms with Crippen molar-refractivity contribution >= 4 is 15.9 Å². The maximum atomic E-state index is 3.58. The van der Waals surface area contributed by atoms with Crippen molar-refractivity contribution in [1.82, 2.24) is 5.32 Å². The number of nitrogens with one attached hydrogen (secondary N) is 1. The molecule has 0 heterocycles. The van der Waals surface area contributed by atoms with Crippen LogP contribution in [0, 0.1) is 0 Å². The molecule has 15 heavy (non-hydrogen) atoms. The first-order valence-corrected chi connectivity index (χ1v) is 6.41. The Morgan fingerprint density at radius 2 is 2.00 bits per heavy atom. The Bertz CT molecular complexity index is 298. The quantitative estimate of drug-likeness (QED) is 0.858. The maximum Gasteiger partial charge on any atom is 0.0178 e. The Hall–Kier alpha value is -0.340. The second-order valence-corrected chi connectivity index (χ2v) is 5.13. The summed E-state index contributed by atoms with van der Waals surface area (Å²) < 4.78 is 1.16. The molecule has 0 spiro atoms. The van der Waals surface area contributed by atoms with Crippen LogP contribution in [0.5, 0.6) is 0 Å². The van der Waals surface area contributed by atoms with Crippen LogP contribution in [-0.2, 0) is 6.42 Å². The van der Waals surface area contributed by atoms with E-state index < -0.39 is 0 Å². The van der Waals surface area contributed by atoms with E-state index in [4.69, 9.17) is 0 Å². The van der Waals surface area contributed by atoms with Gasteiger partial charge in [-0.15, -0.1) is 0 Å². The van der Waals surface area contributed by atoms with Crippen molar-refractivity contribution in [2.45, 2.75) is 45.7 Å². The van der Waals surface area contributed by atoms with Crippen LogP contribution in [0.1, 0.15) is 32.8 Å². The van der Waals surface area contributed by atoms with E-state index in [9.17, 15) is 0 Å². The summed E-state index contributed by atoms with van der Waals surface area (Å²) in [6.07, 6.45) is 2.27. The molecule has 0 saturated carbocycles. The summed E-state index contributed by atoms with van der Waals surface area (Å²) in [5.41, 5.74) is 1.38. The number of benzene rings is 1. The van der Waals surface area contributed by atoms with E-state index in [1.807, 2.05) is 0 Å². The Labute approximate surface area is 101 Å². The summed E-state index contributed by atoms with van der Waals surface area (Å²) in [6.45, 7) is 6.69. The first kappa shape index (κ1) is 12.7. The second-order valence-electron chi connectivity index (χ2n) is 4.21. The smallest absolute Gasteiger partial charge is 0.0178 e. The zero-order valence-corrected chi connectivity index (χ0v) is 11.3. The Morgan fingerprint density at radius 1 is 1.27 bits per heavy atom. The molecule has 1 aromatic carbocycles. The molecule has 0 fully saturated rings. The summed E-state index contributed by atoms with van der Waals surface area (Å²) in [5.74, 6) is 0. The van der Waals surface area contributed by atoms with Gasteiger partial charge in [-0.2, -0.15) is 0 Å². The lowest BCUT2D eigenvalue weighted by Gasteiger charge is -2.18. The van der Waals surface area contributed by atoms with Crippen LogP contribution in [0.15, 0.2) is 28.7 Å². The summed E-state index contributed by atoms with van der Waals surface area (Å²) in [5, 5.41) is 3.58. The van der Waals surface area contributed by atoms with Crippen LogP contribution in [0.4, 0.5) is 0 Å². The molecule has 1 rings (SSSR count). The zero-order valence-electron chi connectivity index (χ0n) is 9.76. The topological polar surface area (TPSA) is 12.0 Å². The van der Waals surface area contributed by atoms with Gasteiger partial charge in [-0.1, -0.05) is 35.0 Å². The third-order valence-corrected chi connectivity index (χ3v) is 3.11. The van der Waals surface area contributed by atoms with Crippen molar-refractivity contribution in [3.05, 3.63) is 34.3 Å². The van der Waals surface area contributed by atoms with E-state index in [1.165, 1.54) is 12.0 Å². The third kappa shape index (κ3) is 4.80. The summed E-state index contributed by atoms with van der Waals surface area (Å²) in [7, 11) is 0. The molecular formula is C13H20BrN. The van der Waals surface area contributed by atoms with E-state index in [0.29, 0.717) is 12.1 Å². The molecule has 1 nitrogen and oxygen atoms in total. The van der Waals surface area contributed by atoms with E-state index in [-0.39, 0.29) is 0 Å². The highest BCUT2D eigenvalue weighted by Crippen LogP contribution is 2.13. The van der Waals surface area contributed by atoms with Gasteiger partial charge in [0, 0.05) is 16.6 Å². The van der Waals surface area contributed by atoms with Gasteiger partial charge < -0.3 is 5.32 Å². The first-order chi connectivity index (χ1) is 7.11. The highest BCUT2D eigenvalue weighted by molar-refractivity contribution is 9.10. The van der Waals surface area contributed by atoms with Crippen molar-refractivity contribution in [3.8, 4) is 0 Å². The van der Waals surface area contributed by atoms with Gasteiger partial charge in [0.15, 0.2) is 0 Å². The minimum atomic E-state index is 0.536. The molecule has 0 aliphatic carbocycles. The van der Waals surface area contributed by atoms with Crippen molar-refractivity contribution in [2.75, 3.05) is 0 Å². The molecule has 0 radical (unpaired) electrons. The van der Waals surface area contributed by atoms with Crippen LogP contribution in [0.3, 0.4) is 0 Å². The fourth-order valence-electron chi connectivity index (χ4n) is 1.68. The fraction of sp³-hybridized carbons (Fsp3) is 0.538. The monoisotopic (exact) mass is 269 g/mol. The Morgan fingerprint density at radius 3 is 2.60 bits per heavy atom. The lowest BCUT2D eigenvalue weighted by Crippen LogP contribution is -2.35. The third-order valence-electron chi connectivity index (χ3n) is 2.61. The van der Waals surface area contributed by atoms with Gasteiger partial charge in [0.2, 0.25) is 0 Å². The van der Waals surface area contributed by atoms with Crippen molar-refractivity contribution in [2.24, 2.45) is 0 Å². The minimum absolute atomic E-state index is 0.536. The molecule has 0 saturated heterocycles. The highest BCUT2D eigenvalue weighted by Gasteiger charge is 2.06. The molecule has 0 amide bonds. The maximum absolute atomic E-state index is 3.58. The molecule has 1 N–H and O–H groups in total. The number of hydrogen-bond donors (Lipinski definition) is 1. The van der Waals surface area contributed by atoms with Gasteiger partial charge in [-0.05, 0) is 44.4 Å². The molecule has 2 atom stereocenters. The number of halogens is 1. The van der Waals surface area contributed by atoms with Crippen molar-refractivity contribution < 1.29 is 0 Å². The summed E-state index contributed by atoms with van der Waals surface area (Å²) in [4.78, 5) is 0. The van der Waals surface area contributed by atoms with Crippen LogP contribution < -0.4 is 5.32 Å². The molecule has 1 aromatic rings. The van der Waals surface area contributed by atoms with Gasteiger partial charge in [-0.3, -0.25) is 0 Å². The van der Waals surface area contributed by atoms with Gasteiger partial charge in [0.1, 0.15) is 0 Å². The van der Waals surface area contributed by atoms with Gasteiger partial charge >= 0.3 is 0 Å². The lowest BCUT2D eigenvalue weighted by atomic mass is 10.1. The van der Waals surface area contributed by atoms with E-state index in [1.54, 1.807) is 0 Å². The molecular weight excluding hydrogens is 250 g/mol. The minimum Gasteiger partial charge on any atom is -0.311 e. The first-order valence-electron chi connectivity index (χ1n) is 5.62. The predicted molar refractivity (Wildman–Crippen MR) is 70.2 cm³/mol. The van der Waals surface area contributed by atoms with Crippen LogP contribution in [-0.4, -0.2) is 12.1 Å². The molecule has 0 aromatic heterocycles. The standard InChI is InChI=1S/C13H20BrN/c1-4-10(2)15-11(3)8-12-6-5-7-13(14)9-12/h5-7,9-11,15H,4,8H2,1-3H3. The van der Waals surface area contributed by atoms with Crippen LogP contribution >= 0.6 is 15.9 Å². The van der Waals surface area contributed by atoms with Crippen LogP contribution in [0.2, 0.25) is 0 Å². The molecule has 2 heteroatoms. The zero-order chi connectivity index (χ0) is 11.3. The fourth-order valence-corrected chi connectivity index (χ4v) is 2.13. The average Bonchev–Trinajstić information content (AvgIpc) is 2.17. The summed E-state index contributed by atoms with van der Waals surface area (Å²) in [6, 6.07) is 9.67. The van der Waals surface area contributed by atoms with Crippen molar-refractivity contribution in [3.63, 3.8) is 0 Å². The lowest BCUT2D eigenvalue weighted by molar-refractivity contribution is 0.455. The molecule has 0 bridgehead atoms. The summed E-state index contributed by atoms with van der Waals surface area (Å²) >= 11 is 3.50. The van der Waals surface area contributed by atoms with Crippen molar-refractivity contribution in [1.29, 1.82) is 0 Å². The molecule has 2 unspecified atom stereocenters.